The molecule has 0 aromatic rings. The Labute approximate surface area is 116 Å². The summed E-state index contributed by atoms with van der Waals surface area (Å²) >= 11 is 0. The summed E-state index contributed by atoms with van der Waals surface area (Å²) in [5.74, 6) is -0.287. The summed E-state index contributed by atoms with van der Waals surface area (Å²) in [6.07, 6.45) is 4.49. The van der Waals surface area contributed by atoms with Gasteiger partial charge in [0.05, 0.1) is 26.4 Å². The van der Waals surface area contributed by atoms with Crippen LogP contribution in [0.2, 0.25) is 0 Å². The van der Waals surface area contributed by atoms with Crippen molar-refractivity contribution < 1.29 is 19.0 Å². The molecule has 0 amide bonds. The van der Waals surface area contributed by atoms with Gasteiger partial charge < -0.3 is 19.5 Å². The van der Waals surface area contributed by atoms with Gasteiger partial charge in [0, 0.05) is 6.61 Å². The lowest BCUT2D eigenvalue weighted by Gasteiger charge is -2.29. The molecule has 5 nitrogen and oxygen atoms in total. The topological polar surface area (TPSA) is 56.8 Å². The third-order valence-corrected chi connectivity index (χ3v) is 3.37. The van der Waals surface area contributed by atoms with Gasteiger partial charge in [0.1, 0.15) is 5.54 Å². The highest BCUT2D eigenvalue weighted by atomic mass is 16.5. The molecule has 1 saturated heterocycles. The van der Waals surface area contributed by atoms with Crippen LogP contribution in [0.3, 0.4) is 0 Å². The fraction of sp³-hybridized carbons (Fsp3) is 0.929. The molecule has 19 heavy (non-hydrogen) atoms. The van der Waals surface area contributed by atoms with Gasteiger partial charge in [-0.2, -0.15) is 0 Å². The number of hydrogen-bond donors (Lipinski definition) is 1. The summed E-state index contributed by atoms with van der Waals surface area (Å²) in [5, 5.41) is 3.19. The van der Waals surface area contributed by atoms with Crippen molar-refractivity contribution in [1.29, 1.82) is 0 Å². The minimum atomic E-state index is -0.778. The first-order valence-electron chi connectivity index (χ1n) is 7.15. The molecule has 1 aliphatic heterocycles. The largest absolute Gasteiger partial charge is 0.468 e. The van der Waals surface area contributed by atoms with Crippen LogP contribution in [0.4, 0.5) is 0 Å². The van der Waals surface area contributed by atoms with E-state index in [4.69, 9.17) is 14.2 Å². The third-order valence-electron chi connectivity index (χ3n) is 3.37. The lowest BCUT2D eigenvalue weighted by atomic mass is 10.0. The summed E-state index contributed by atoms with van der Waals surface area (Å²) in [4.78, 5) is 11.8. The maximum absolute atomic E-state index is 11.8. The monoisotopic (exact) mass is 273 g/mol. The highest BCUT2D eigenvalue weighted by Crippen LogP contribution is 2.14. The van der Waals surface area contributed by atoms with Crippen molar-refractivity contribution in [2.75, 3.05) is 33.5 Å². The van der Waals surface area contributed by atoms with Gasteiger partial charge in [-0.1, -0.05) is 6.92 Å². The second-order valence-electron chi connectivity index (χ2n) is 5.25. The Hall–Kier alpha value is -0.650. The Balaban J connectivity index is 2.36. The molecule has 2 unspecified atom stereocenters. The van der Waals surface area contributed by atoms with Crippen LogP contribution in [-0.4, -0.2) is 51.1 Å². The molecule has 1 N–H and O–H groups in total. The smallest absolute Gasteiger partial charge is 0.328 e. The molecule has 0 aromatic carbocycles. The molecule has 1 fully saturated rings. The Bertz CT molecular complexity index is 266. The second-order valence-corrected chi connectivity index (χ2v) is 5.25. The van der Waals surface area contributed by atoms with Crippen LogP contribution in [0.1, 0.15) is 39.5 Å². The third kappa shape index (κ3) is 5.47. The zero-order chi connectivity index (χ0) is 14.1. The average Bonchev–Trinajstić information content (AvgIpc) is 2.45. The molecule has 0 aromatic heterocycles. The van der Waals surface area contributed by atoms with Gasteiger partial charge in [0.2, 0.25) is 0 Å². The number of ether oxygens (including phenoxy) is 3. The molecule has 0 bridgehead atoms. The predicted octanol–water partition coefficient (Wildman–Crippen LogP) is 1.50. The Morgan fingerprint density at radius 3 is 2.84 bits per heavy atom. The highest BCUT2D eigenvalue weighted by molar-refractivity contribution is 5.80. The van der Waals surface area contributed by atoms with Gasteiger partial charge in [0.15, 0.2) is 0 Å². The van der Waals surface area contributed by atoms with E-state index in [9.17, 15) is 4.79 Å². The molecular weight excluding hydrogens is 246 g/mol. The summed E-state index contributed by atoms with van der Waals surface area (Å²) in [7, 11) is 1.40. The van der Waals surface area contributed by atoms with E-state index in [0.717, 1.165) is 32.4 Å². The number of methoxy groups -OCH3 is 1. The normalized spacial score (nSPS) is 22.8. The van der Waals surface area contributed by atoms with Crippen molar-refractivity contribution in [3.05, 3.63) is 0 Å². The van der Waals surface area contributed by atoms with Gasteiger partial charge in [-0.25, -0.2) is 4.79 Å². The van der Waals surface area contributed by atoms with Gasteiger partial charge in [0.25, 0.3) is 0 Å². The SMILES string of the molecule is CCCNC(C)(COCC1CCCCO1)C(=O)OC. The lowest BCUT2D eigenvalue weighted by molar-refractivity contribution is -0.151. The van der Waals surface area contributed by atoms with E-state index >= 15 is 0 Å². The standard InChI is InChI=1S/C14H27NO4/c1-4-8-15-14(2,13(16)17-3)11-18-10-12-7-5-6-9-19-12/h12,15H,4-11H2,1-3H3. The number of hydrogen-bond acceptors (Lipinski definition) is 5. The first kappa shape index (κ1) is 16.4. The quantitative estimate of drug-likeness (QED) is 0.679. The van der Waals surface area contributed by atoms with E-state index in [1.54, 1.807) is 0 Å². The van der Waals surface area contributed by atoms with Gasteiger partial charge in [-0.3, -0.25) is 0 Å². The van der Waals surface area contributed by atoms with E-state index in [-0.39, 0.29) is 12.1 Å². The molecule has 112 valence electrons. The maximum Gasteiger partial charge on any atom is 0.328 e. The minimum absolute atomic E-state index is 0.168. The van der Waals surface area contributed by atoms with E-state index < -0.39 is 5.54 Å². The van der Waals surface area contributed by atoms with Crippen molar-refractivity contribution in [1.82, 2.24) is 5.32 Å². The van der Waals surface area contributed by atoms with Crippen molar-refractivity contribution in [3.8, 4) is 0 Å². The number of carbonyl (C=O) groups excluding carboxylic acids is 1. The number of rotatable bonds is 8. The molecule has 1 rings (SSSR count). The molecule has 0 spiro atoms. The average molecular weight is 273 g/mol. The van der Waals surface area contributed by atoms with E-state index in [2.05, 4.69) is 12.2 Å². The van der Waals surface area contributed by atoms with Crippen molar-refractivity contribution in [2.24, 2.45) is 0 Å². The molecular formula is C14H27NO4. The van der Waals surface area contributed by atoms with Crippen LogP contribution in [-0.2, 0) is 19.0 Å². The fourth-order valence-electron chi connectivity index (χ4n) is 2.14. The van der Waals surface area contributed by atoms with Crippen LogP contribution >= 0.6 is 0 Å². The first-order chi connectivity index (χ1) is 9.12. The Kier molecular flexibility index (Phi) is 7.34. The predicted molar refractivity (Wildman–Crippen MR) is 73.1 cm³/mol. The van der Waals surface area contributed by atoms with Gasteiger partial charge >= 0.3 is 5.97 Å². The molecule has 0 radical (unpaired) electrons. The van der Waals surface area contributed by atoms with Crippen LogP contribution < -0.4 is 5.32 Å². The zero-order valence-electron chi connectivity index (χ0n) is 12.4. The molecule has 5 heteroatoms. The van der Waals surface area contributed by atoms with E-state index in [0.29, 0.717) is 13.2 Å². The number of carbonyl (C=O) groups is 1. The van der Waals surface area contributed by atoms with Crippen LogP contribution in [0.5, 0.6) is 0 Å². The highest BCUT2D eigenvalue weighted by Gasteiger charge is 2.34. The summed E-state index contributed by atoms with van der Waals surface area (Å²) in [6.45, 7) is 6.29. The molecule has 0 saturated carbocycles. The molecule has 2 atom stereocenters. The fourth-order valence-corrected chi connectivity index (χ4v) is 2.14. The van der Waals surface area contributed by atoms with Gasteiger partial charge in [-0.05, 0) is 39.2 Å². The minimum Gasteiger partial charge on any atom is -0.468 e. The Morgan fingerprint density at radius 2 is 2.26 bits per heavy atom. The van der Waals surface area contributed by atoms with Crippen molar-refractivity contribution in [2.45, 2.75) is 51.2 Å². The lowest BCUT2D eigenvalue weighted by Crippen LogP contribution is -2.54. The maximum atomic E-state index is 11.8. The number of esters is 1. The molecule has 0 aliphatic carbocycles. The summed E-state index contributed by atoms with van der Waals surface area (Å²) < 4.78 is 16.1. The zero-order valence-corrected chi connectivity index (χ0v) is 12.4. The summed E-state index contributed by atoms with van der Waals surface area (Å²) in [5.41, 5.74) is -0.778. The molecule has 1 heterocycles. The van der Waals surface area contributed by atoms with Crippen molar-refractivity contribution >= 4 is 5.97 Å². The van der Waals surface area contributed by atoms with Gasteiger partial charge in [-0.15, -0.1) is 0 Å². The van der Waals surface area contributed by atoms with Crippen molar-refractivity contribution in [3.63, 3.8) is 0 Å². The number of nitrogens with one attached hydrogen (secondary N) is 1. The van der Waals surface area contributed by atoms with Crippen LogP contribution in [0, 0.1) is 0 Å². The van der Waals surface area contributed by atoms with E-state index in [1.165, 1.54) is 13.5 Å². The summed E-state index contributed by atoms with van der Waals surface area (Å²) in [6, 6.07) is 0. The Morgan fingerprint density at radius 1 is 1.47 bits per heavy atom. The van der Waals surface area contributed by atoms with Crippen LogP contribution in [0.15, 0.2) is 0 Å². The molecule has 1 aliphatic rings. The second kappa shape index (κ2) is 8.51. The first-order valence-corrected chi connectivity index (χ1v) is 7.15. The van der Waals surface area contributed by atoms with Crippen LogP contribution in [0.25, 0.3) is 0 Å². The van der Waals surface area contributed by atoms with E-state index in [1.807, 2.05) is 6.92 Å².